The van der Waals surface area contributed by atoms with Crippen LogP contribution in [0, 0.1) is 13.8 Å². The van der Waals surface area contributed by atoms with Crippen molar-refractivity contribution in [1.29, 1.82) is 0 Å². The summed E-state index contributed by atoms with van der Waals surface area (Å²) in [5.41, 5.74) is 3.48. The number of hydrogen-bond acceptors (Lipinski definition) is 3. The number of rotatable bonds is 3. The Bertz CT molecular complexity index is 565. The second-order valence-corrected chi connectivity index (χ2v) is 8.53. The summed E-state index contributed by atoms with van der Waals surface area (Å²) in [5.74, 6) is 0. The first-order valence-corrected chi connectivity index (χ1v) is 9.41. The summed E-state index contributed by atoms with van der Waals surface area (Å²) in [6, 6.07) is 4.72. The van der Waals surface area contributed by atoms with Crippen molar-refractivity contribution >= 4 is 22.0 Å². The number of benzene rings is 1. The molecule has 24 heavy (non-hydrogen) atoms. The van der Waals surface area contributed by atoms with Crippen LogP contribution in [-0.2, 0) is 11.3 Å². The molecule has 0 saturated carbocycles. The molecule has 1 saturated heterocycles. The average Bonchev–Trinajstić information content (AvgIpc) is 2.45. The first-order valence-electron chi connectivity index (χ1n) is 8.61. The molecule has 0 spiro atoms. The van der Waals surface area contributed by atoms with E-state index >= 15 is 0 Å². The Morgan fingerprint density at radius 3 is 2.29 bits per heavy atom. The van der Waals surface area contributed by atoms with E-state index in [-0.39, 0.29) is 12.1 Å². The first-order chi connectivity index (χ1) is 11.1. The molecule has 0 aliphatic carbocycles. The molecule has 0 radical (unpaired) electrons. The van der Waals surface area contributed by atoms with Gasteiger partial charge in [0, 0.05) is 30.1 Å². The Morgan fingerprint density at radius 2 is 1.79 bits per heavy atom. The average molecular weight is 397 g/mol. The van der Waals surface area contributed by atoms with Crippen LogP contribution in [0.5, 0.6) is 0 Å². The van der Waals surface area contributed by atoms with Gasteiger partial charge < -0.3 is 10.1 Å². The van der Waals surface area contributed by atoms with E-state index in [0.717, 1.165) is 32.5 Å². The zero-order valence-corrected chi connectivity index (χ0v) is 17.0. The Hall–Kier alpha value is -1.07. The third-order valence-corrected chi connectivity index (χ3v) is 5.46. The van der Waals surface area contributed by atoms with Crippen molar-refractivity contribution < 1.29 is 9.53 Å². The van der Waals surface area contributed by atoms with Gasteiger partial charge in [0.2, 0.25) is 0 Å². The summed E-state index contributed by atoms with van der Waals surface area (Å²) >= 11 is 3.62. The third kappa shape index (κ3) is 5.78. The SMILES string of the molecule is Cc1cc(CN2CCC(NC(=O)OC(C)(C)C)CC2)cc(C)c1Br. The minimum Gasteiger partial charge on any atom is -0.444 e. The predicted molar refractivity (Wildman–Crippen MR) is 101 cm³/mol. The van der Waals surface area contributed by atoms with Gasteiger partial charge in [-0.1, -0.05) is 28.1 Å². The van der Waals surface area contributed by atoms with E-state index in [4.69, 9.17) is 4.74 Å². The molecule has 0 bridgehead atoms. The van der Waals surface area contributed by atoms with Gasteiger partial charge in [-0.2, -0.15) is 0 Å². The summed E-state index contributed by atoms with van der Waals surface area (Å²) in [5, 5.41) is 2.99. The summed E-state index contributed by atoms with van der Waals surface area (Å²) in [4.78, 5) is 14.3. The largest absolute Gasteiger partial charge is 0.444 e. The molecule has 1 aliphatic heterocycles. The fraction of sp³-hybridized carbons (Fsp3) is 0.632. The lowest BCUT2D eigenvalue weighted by Gasteiger charge is -2.33. The molecule has 134 valence electrons. The topological polar surface area (TPSA) is 41.6 Å². The zero-order valence-electron chi connectivity index (χ0n) is 15.4. The molecule has 1 N–H and O–H groups in total. The maximum absolute atomic E-state index is 11.9. The maximum Gasteiger partial charge on any atom is 0.407 e. The number of halogens is 1. The number of piperidine rings is 1. The van der Waals surface area contributed by atoms with E-state index < -0.39 is 5.60 Å². The number of amides is 1. The molecule has 4 nitrogen and oxygen atoms in total. The van der Waals surface area contributed by atoms with Crippen molar-refractivity contribution in [3.05, 3.63) is 33.3 Å². The standard InChI is InChI=1S/C19H29BrN2O2/c1-13-10-15(11-14(2)17(13)20)12-22-8-6-16(7-9-22)21-18(23)24-19(3,4)5/h10-11,16H,6-9,12H2,1-5H3,(H,21,23). The molecule has 1 fully saturated rings. The summed E-state index contributed by atoms with van der Waals surface area (Å²) in [7, 11) is 0. The molecule has 1 amide bonds. The molecule has 2 rings (SSSR count). The van der Waals surface area contributed by atoms with Crippen LogP contribution in [0.3, 0.4) is 0 Å². The monoisotopic (exact) mass is 396 g/mol. The lowest BCUT2D eigenvalue weighted by Crippen LogP contribution is -2.45. The number of hydrogen-bond donors (Lipinski definition) is 1. The smallest absolute Gasteiger partial charge is 0.407 e. The third-order valence-electron chi connectivity index (χ3n) is 4.21. The molecule has 0 unspecified atom stereocenters. The fourth-order valence-electron chi connectivity index (χ4n) is 3.09. The summed E-state index contributed by atoms with van der Waals surface area (Å²) in [6.45, 7) is 12.9. The van der Waals surface area contributed by atoms with Gasteiger partial charge in [0.25, 0.3) is 0 Å². The molecule has 1 aliphatic rings. The zero-order chi connectivity index (χ0) is 17.9. The van der Waals surface area contributed by atoms with Gasteiger partial charge in [-0.15, -0.1) is 0 Å². The fourth-order valence-corrected chi connectivity index (χ4v) is 3.32. The second-order valence-electron chi connectivity index (χ2n) is 7.74. The normalized spacial score (nSPS) is 16.9. The van der Waals surface area contributed by atoms with Crippen LogP contribution in [0.2, 0.25) is 0 Å². The number of ether oxygens (including phenoxy) is 1. The van der Waals surface area contributed by atoms with Crippen LogP contribution in [0.1, 0.15) is 50.3 Å². The lowest BCUT2D eigenvalue weighted by molar-refractivity contribution is 0.0477. The van der Waals surface area contributed by atoms with E-state index in [1.807, 2.05) is 20.8 Å². The molecule has 1 heterocycles. The van der Waals surface area contributed by atoms with Gasteiger partial charge in [-0.3, -0.25) is 4.90 Å². The van der Waals surface area contributed by atoms with E-state index in [1.165, 1.54) is 21.2 Å². The van der Waals surface area contributed by atoms with Crippen molar-refractivity contribution in [3.63, 3.8) is 0 Å². The van der Waals surface area contributed by atoms with E-state index in [0.29, 0.717) is 0 Å². The number of likely N-dealkylation sites (tertiary alicyclic amines) is 1. The van der Waals surface area contributed by atoms with Crippen molar-refractivity contribution in [3.8, 4) is 0 Å². The van der Waals surface area contributed by atoms with Crippen molar-refractivity contribution in [2.75, 3.05) is 13.1 Å². The maximum atomic E-state index is 11.9. The molecule has 1 aromatic carbocycles. The molecular formula is C19H29BrN2O2. The van der Waals surface area contributed by atoms with Crippen LogP contribution in [-0.4, -0.2) is 35.7 Å². The Labute approximate surface area is 154 Å². The van der Waals surface area contributed by atoms with E-state index in [9.17, 15) is 4.79 Å². The molecular weight excluding hydrogens is 368 g/mol. The van der Waals surface area contributed by atoms with Gasteiger partial charge in [-0.05, 0) is 64.2 Å². The summed E-state index contributed by atoms with van der Waals surface area (Å²) in [6.07, 6.45) is 1.63. The number of carbonyl (C=O) groups is 1. The van der Waals surface area contributed by atoms with Crippen LogP contribution in [0.4, 0.5) is 4.79 Å². The molecule has 0 aromatic heterocycles. The summed E-state index contributed by atoms with van der Waals surface area (Å²) < 4.78 is 6.53. The van der Waals surface area contributed by atoms with Crippen LogP contribution in [0.25, 0.3) is 0 Å². The molecule has 1 aromatic rings. The van der Waals surface area contributed by atoms with Crippen molar-refractivity contribution in [1.82, 2.24) is 10.2 Å². The van der Waals surface area contributed by atoms with Gasteiger partial charge in [0.05, 0.1) is 0 Å². The second kappa shape index (κ2) is 7.87. The predicted octanol–water partition coefficient (Wildman–Crippen LogP) is 4.56. The number of alkyl carbamates (subject to hydrolysis) is 1. The molecule has 0 atom stereocenters. The van der Waals surface area contributed by atoms with Crippen LogP contribution >= 0.6 is 15.9 Å². The minimum atomic E-state index is -0.442. The Kier molecular flexibility index (Phi) is 6.32. The van der Waals surface area contributed by atoms with Crippen molar-refractivity contribution in [2.24, 2.45) is 0 Å². The number of aryl methyl sites for hydroxylation is 2. The van der Waals surface area contributed by atoms with Gasteiger partial charge in [-0.25, -0.2) is 4.79 Å². The highest BCUT2D eigenvalue weighted by Crippen LogP contribution is 2.24. The highest BCUT2D eigenvalue weighted by atomic mass is 79.9. The lowest BCUT2D eigenvalue weighted by atomic mass is 10.0. The van der Waals surface area contributed by atoms with Gasteiger partial charge >= 0.3 is 6.09 Å². The van der Waals surface area contributed by atoms with E-state index in [1.54, 1.807) is 0 Å². The van der Waals surface area contributed by atoms with Gasteiger partial charge in [0.1, 0.15) is 5.60 Å². The number of nitrogens with zero attached hydrogens (tertiary/aromatic N) is 1. The van der Waals surface area contributed by atoms with Crippen LogP contribution < -0.4 is 5.32 Å². The first kappa shape index (κ1) is 19.3. The number of nitrogens with one attached hydrogen (secondary N) is 1. The van der Waals surface area contributed by atoms with Crippen molar-refractivity contribution in [2.45, 2.75) is 65.6 Å². The van der Waals surface area contributed by atoms with Crippen LogP contribution in [0.15, 0.2) is 16.6 Å². The van der Waals surface area contributed by atoms with Gasteiger partial charge in [0.15, 0.2) is 0 Å². The number of carbonyl (C=O) groups excluding carboxylic acids is 1. The highest BCUT2D eigenvalue weighted by Gasteiger charge is 2.23. The Balaban J connectivity index is 1.82. The highest BCUT2D eigenvalue weighted by molar-refractivity contribution is 9.10. The quantitative estimate of drug-likeness (QED) is 0.813. The molecule has 5 heteroatoms. The minimum absolute atomic E-state index is 0.212. The van der Waals surface area contributed by atoms with E-state index in [2.05, 4.69) is 52.1 Å². The Morgan fingerprint density at radius 1 is 1.25 bits per heavy atom.